The molecule has 2 N–H and O–H groups in total. The first-order chi connectivity index (χ1) is 12.5. The molecule has 0 amide bonds. The molecular weight excluding hydrogens is 324 g/mol. The van der Waals surface area contributed by atoms with E-state index in [9.17, 15) is 0 Å². The van der Waals surface area contributed by atoms with Crippen LogP contribution in [0.25, 0.3) is 0 Å². The van der Waals surface area contributed by atoms with Crippen LogP contribution in [-0.4, -0.2) is 53.4 Å². The van der Waals surface area contributed by atoms with Crippen LogP contribution in [-0.2, 0) is 13.6 Å². The van der Waals surface area contributed by atoms with Crippen LogP contribution in [0.4, 0.5) is 0 Å². The van der Waals surface area contributed by atoms with E-state index in [0.717, 1.165) is 30.7 Å². The largest absolute Gasteiger partial charge is 0.357 e. The molecule has 6 nitrogen and oxygen atoms in total. The average molecular weight is 363 g/mol. The van der Waals surface area contributed by atoms with Gasteiger partial charge in [-0.2, -0.15) is 5.10 Å². The van der Waals surface area contributed by atoms with Crippen molar-refractivity contribution in [2.24, 2.45) is 18.0 Å². The molecule has 148 valence electrons. The number of hydrogen-bond donors (Lipinski definition) is 2. The number of likely N-dealkylation sites (tertiary alicyclic amines) is 1. The molecule has 0 saturated carbocycles. The minimum Gasteiger partial charge on any atom is -0.357 e. The molecule has 2 rings (SSSR count). The van der Waals surface area contributed by atoms with Crippen molar-refractivity contribution < 1.29 is 0 Å². The second-order valence-electron chi connectivity index (χ2n) is 7.65. The third kappa shape index (κ3) is 6.31. The summed E-state index contributed by atoms with van der Waals surface area (Å²) in [6.45, 7) is 15.0. The van der Waals surface area contributed by atoms with Crippen LogP contribution < -0.4 is 10.6 Å². The Morgan fingerprint density at radius 2 is 2.08 bits per heavy atom. The molecule has 2 heterocycles. The first kappa shape index (κ1) is 20.7. The van der Waals surface area contributed by atoms with Gasteiger partial charge in [0.05, 0.1) is 12.2 Å². The lowest BCUT2D eigenvalue weighted by Crippen LogP contribution is -2.38. The zero-order valence-corrected chi connectivity index (χ0v) is 17.4. The lowest BCUT2D eigenvalue weighted by Gasteiger charge is -2.30. The highest BCUT2D eigenvalue weighted by Gasteiger charge is 2.15. The first-order valence-corrected chi connectivity index (χ1v) is 10.2. The molecule has 1 saturated heterocycles. The third-order valence-corrected chi connectivity index (χ3v) is 5.33. The Kier molecular flexibility index (Phi) is 8.42. The Labute approximate surface area is 159 Å². The van der Waals surface area contributed by atoms with Crippen LogP contribution in [0.15, 0.2) is 4.99 Å². The summed E-state index contributed by atoms with van der Waals surface area (Å²) in [6, 6.07) is 0. The Morgan fingerprint density at radius 3 is 2.73 bits per heavy atom. The van der Waals surface area contributed by atoms with Crippen LogP contribution in [0.5, 0.6) is 0 Å². The van der Waals surface area contributed by atoms with Gasteiger partial charge in [-0.3, -0.25) is 4.68 Å². The molecule has 0 radical (unpaired) electrons. The standard InChI is InChI=1S/C20H38N6/c1-6-21-20(23-14-19-17(3)24-25(5)18(19)4)22-11-7-8-12-26-13-9-10-16(2)15-26/h16H,6-15H2,1-5H3,(H2,21,22,23). The molecule has 0 spiro atoms. The summed E-state index contributed by atoms with van der Waals surface area (Å²) in [4.78, 5) is 7.37. The van der Waals surface area contributed by atoms with Gasteiger partial charge in [0.1, 0.15) is 0 Å². The van der Waals surface area contributed by atoms with E-state index in [1.54, 1.807) is 0 Å². The number of nitrogens with one attached hydrogen (secondary N) is 2. The van der Waals surface area contributed by atoms with Gasteiger partial charge >= 0.3 is 0 Å². The van der Waals surface area contributed by atoms with E-state index in [1.165, 1.54) is 56.6 Å². The van der Waals surface area contributed by atoms with Gasteiger partial charge in [0.15, 0.2) is 5.96 Å². The Balaban J connectivity index is 1.73. The molecule has 0 aromatic carbocycles. The third-order valence-electron chi connectivity index (χ3n) is 5.33. The number of piperidine rings is 1. The number of hydrogen-bond acceptors (Lipinski definition) is 3. The number of aryl methyl sites for hydroxylation is 2. The van der Waals surface area contributed by atoms with Gasteiger partial charge in [-0.25, -0.2) is 4.99 Å². The van der Waals surface area contributed by atoms with Crippen molar-refractivity contribution >= 4 is 5.96 Å². The van der Waals surface area contributed by atoms with Crippen LogP contribution in [0.3, 0.4) is 0 Å². The van der Waals surface area contributed by atoms with E-state index < -0.39 is 0 Å². The van der Waals surface area contributed by atoms with Gasteiger partial charge in [0.25, 0.3) is 0 Å². The van der Waals surface area contributed by atoms with Crippen LogP contribution in [0.2, 0.25) is 0 Å². The van der Waals surface area contributed by atoms with E-state index in [-0.39, 0.29) is 0 Å². The SMILES string of the molecule is CCNC(=NCc1c(C)nn(C)c1C)NCCCCN1CCCC(C)C1. The Morgan fingerprint density at radius 1 is 1.27 bits per heavy atom. The van der Waals surface area contributed by atoms with E-state index in [0.29, 0.717) is 6.54 Å². The topological polar surface area (TPSA) is 57.5 Å². The molecule has 1 aliphatic heterocycles. The van der Waals surface area contributed by atoms with E-state index in [4.69, 9.17) is 4.99 Å². The van der Waals surface area contributed by atoms with Gasteiger partial charge in [0, 0.05) is 37.9 Å². The molecule has 0 aliphatic carbocycles. The molecule has 0 bridgehead atoms. The second-order valence-corrected chi connectivity index (χ2v) is 7.65. The zero-order chi connectivity index (χ0) is 18.9. The number of nitrogens with zero attached hydrogens (tertiary/aromatic N) is 4. The number of guanidine groups is 1. The van der Waals surface area contributed by atoms with Crippen molar-refractivity contribution in [2.45, 2.75) is 59.9 Å². The lowest BCUT2D eigenvalue weighted by atomic mass is 10.0. The summed E-state index contributed by atoms with van der Waals surface area (Å²) in [6.07, 6.45) is 5.19. The number of unbranched alkanes of at least 4 members (excludes halogenated alkanes) is 1. The van der Waals surface area contributed by atoms with E-state index >= 15 is 0 Å². The van der Waals surface area contributed by atoms with Gasteiger partial charge in [-0.1, -0.05) is 6.92 Å². The average Bonchev–Trinajstić information content (AvgIpc) is 2.84. The number of aliphatic imine (C=N–C) groups is 1. The molecule has 1 unspecified atom stereocenters. The molecular formula is C20H38N6. The lowest BCUT2D eigenvalue weighted by molar-refractivity contribution is 0.181. The summed E-state index contributed by atoms with van der Waals surface area (Å²) < 4.78 is 1.93. The van der Waals surface area contributed by atoms with E-state index in [1.807, 2.05) is 11.7 Å². The molecule has 1 aromatic heterocycles. The molecule has 1 atom stereocenters. The van der Waals surface area contributed by atoms with Gasteiger partial charge < -0.3 is 15.5 Å². The molecule has 6 heteroatoms. The van der Waals surface area contributed by atoms with Crippen LogP contribution >= 0.6 is 0 Å². The van der Waals surface area contributed by atoms with Crippen molar-refractivity contribution in [3.8, 4) is 0 Å². The monoisotopic (exact) mass is 362 g/mol. The predicted octanol–water partition coefficient (Wildman–Crippen LogP) is 2.60. The molecule has 1 aromatic rings. The fourth-order valence-corrected chi connectivity index (χ4v) is 3.70. The zero-order valence-electron chi connectivity index (χ0n) is 17.4. The summed E-state index contributed by atoms with van der Waals surface area (Å²) in [7, 11) is 1.99. The minimum atomic E-state index is 0.673. The smallest absolute Gasteiger partial charge is 0.191 e. The Hall–Kier alpha value is -1.56. The van der Waals surface area contributed by atoms with Crippen molar-refractivity contribution in [3.63, 3.8) is 0 Å². The molecule has 1 fully saturated rings. The van der Waals surface area contributed by atoms with Crippen LogP contribution in [0.1, 0.15) is 56.5 Å². The van der Waals surface area contributed by atoms with Gasteiger partial charge in [-0.15, -0.1) is 0 Å². The molecule has 1 aliphatic rings. The van der Waals surface area contributed by atoms with Crippen LogP contribution in [0, 0.1) is 19.8 Å². The fourth-order valence-electron chi connectivity index (χ4n) is 3.70. The summed E-state index contributed by atoms with van der Waals surface area (Å²) >= 11 is 0. The van der Waals surface area contributed by atoms with Crippen molar-refractivity contribution in [1.29, 1.82) is 0 Å². The van der Waals surface area contributed by atoms with Crippen molar-refractivity contribution in [3.05, 3.63) is 17.0 Å². The minimum absolute atomic E-state index is 0.673. The maximum atomic E-state index is 4.75. The summed E-state index contributed by atoms with van der Waals surface area (Å²) in [5.41, 5.74) is 3.49. The first-order valence-electron chi connectivity index (χ1n) is 10.2. The summed E-state index contributed by atoms with van der Waals surface area (Å²) in [5.74, 6) is 1.77. The van der Waals surface area contributed by atoms with Gasteiger partial charge in [0.2, 0.25) is 0 Å². The van der Waals surface area contributed by atoms with E-state index in [2.05, 4.69) is 48.3 Å². The van der Waals surface area contributed by atoms with Gasteiger partial charge in [-0.05, 0) is 65.5 Å². The molecule has 26 heavy (non-hydrogen) atoms. The highest BCUT2D eigenvalue weighted by Crippen LogP contribution is 2.15. The summed E-state index contributed by atoms with van der Waals surface area (Å²) in [5, 5.41) is 11.3. The normalized spacial score (nSPS) is 19.0. The second kappa shape index (κ2) is 10.6. The quantitative estimate of drug-likeness (QED) is 0.424. The number of rotatable bonds is 8. The predicted molar refractivity (Wildman–Crippen MR) is 110 cm³/mol. The highest BCUT2D eigenvalue weighted by molar-refractivity contribution is 5.79. The Bertz CT molecular complexity index is 577. The van der Waals surface area contributed by atoms with Crippen molar-refractivity contribution in [2.75, 3.05) is 32.7 Å². The van der Waals surface area contributed by atoms with Crippen molar-refractivity contribution in [1.82, 2.24) is 25.3 Å². The fraction of sp³-hybridized carbons (Fsp3) is 0.800. The number of aromatic nitrogens is 2. The maximum absolute atomic E-state index is 4.75. The highest BCUT2D eigenvalue weighted by atomic mass is 15.3. The maximum Gasteiger partial charge on any atom is 0.191 e.